The van der Waals surface area contributed by atoms with Gasteiger partial charge >= 0.3 is 6.18 Å². The number of hydrogen-bond donors (Lipinski definition) is 1. The summed E-state index contributed by atoms with van der Waals surface area (Å²) in [6.07, 6.45) is -0.515. The van der Waals surface area contributed by atoms with Crippen molar-refractivity contribution < 1.29 is 13.2 Å². The number of rotatable bonds is 4. The second-order valence-electron chi connectivity index (χ2n) is 8.92. The normalized spacial score (nSPS) is 15.9. The monoisotopic (exact) mass is 505 g/mol. The van der Waals surface area contributed by atoms with Gasteiger partial charge < -0.3 is 15.1 Å². The van der Waals surface area contributed by atoms with Crippen LogP contribution < -0.4 is 15.1 Å². The SMILES string of the molecule is C=C(NC1=NN=C(c2ccccn2)CC1)N1CCCN(C)c2ccc(-c3cccc(C(F)(F)F)c3)nc21. The quantitative estimate of drug-likeness (QED) is 0.510. The van der Waals surface area contributed by atoms with Crippen LogP contribution in [-0.2, 0) is 6.18 Å². The van der Waals surface area contributed by atoms with Gasteiger partial charge in [-0.1, -0.05) is 24.8 Å². The molecule has 5 rings (SSSR count). The highest BCUT2D eigenvalue weighted by atomic mass is 19.4. The van der Waals surface area contributed by atoms with Crippen molar-refractivity contribution in [1.29, 1.82) is 0 Å². The molecule has 0 fully saturated rings. The Hall–Kier alpha value is -4.21. The Morgan fingerprint density at radius 2 is 1.84 bits per heavy atom. The Morgan fingerprint density at radius 1 is 0.973 bits per heavy atom. The Morgan fingerprint density at radius 3 is 2.57 bits per heavy atom. The fraction of sp³-hybridized carbons (Fsp3) is 0.259. The molecule has 37 heavy (non-hydrogen) atoms. The van der Waals surface area contributed by atoms with Gasteiger partial charge in [0.25, 0.3) is 0 Å². The van der Waals surface area contributed by atoms with Gasteiger partial charge in [0.2, 0.25) is 0 Å². The first kappa shape index (κ1) is 24.5. The molecule has 0 saturated carbocycles. The van der Waals surface area contributed by atoms with Gasteiger partial charge in [-0.05, 0) is 42.8 Å². The molecule has 7 nitrogen and oxygen atoms in total. The van der Waals surface area contributed by atoms with Gasteiger partial charge in [-0.2, -0.15) is 18.3 Å². The van der Waals surface area contributed by atoms with Crippen molar-refractivity contribution in [3.8, 4) is 11.3 Å². The number of amidine groups is 1. The van der Waals surface area contributed by atoms with Gasteiger partial charge in [-0.15, -0.1) is 5.10 Å². The Bertz CT molecular complexity index is 1370. The van der Waals surface area contributed by atoms with Crippen LogP contribution in [0.5, 0.6) is 0 Å². The van der Waals surface area contributed by atoms with E-state index in [-0.39, 0.29) is 0 Å². The van der Waals surface area contributed by atoms with Crippen molar-refractivity contribution in [2.24, 2.45) is 10.2 Å². The van der Waals surface area contributed by atoms with E-state index in [1.165, 1.54) is 6.07 Å². The number of nitrogens with one attached hydrogen (secondary N) is 1. The summed E-state index contributed by atoms with van der Waals surface area (Å²) >= 11 is 0. The molecule has 0 atom stereocenters. The highest BCUT2D eigenvalue weighted by Crippen LogP contribution is 2.36. The zero-order valence-corrected chi connectivity index (χ0v) is 20.3. The summed E-state index contributed by atoms with van der Waals surface area (Å²) in [6.45, 7) is 5.67. The van der Waals surface area contributed by atoms with Crippen molar-refractivity contribution in [3.63, 3.8) is 0 Å². The van der Waals surface area contributed by atoms with Gasteiger partial charge in [0.05, 0.1) is 28.4 Å². The van der Waals surface area contributed by atoms with Crippen LogP contribution in [0.1, 0.15) is 30.5 Å². The molecule has 0 radical (unpaired) electrons. The van der Waals surface area contributed by atoms with Crippen LogP contribution in [0.3, 0.4) is 0 Å². The number of alkyl halides is 3. The molecule has 0 aliphatic carbocycles. The first-order valence-corrected chi connectivity index (χ1v) is 12.0. The number of nitrogens with zero attached hydrogens (tertiary/aromatic N) is 6. The summed E-state index contributed by atoms with van der Waals surface area (Å²) in [5, 5.41) is 12.0. The smallest absolute Gasteiger partial charge is 0.372 e. The van der Waals surface area contributed by atoms with Crippen LogP contribution in [0.25, 0.3) is 11.3 Å². The number of hydrogen-bond acceptors (Lipinski definition) is 7. The lowest BCUT2D eigenvalue weighted by molar-refractivity contribution is -0.137. The third kappa shape index (κ3) is 5.32. The number of aromatic nitrogens is 2. The maximum atomic E-state index is 13.3. The van der Waals surface area contributed by atoms with E-state index in [0.717, 1.165) is 42.2 Å². The van der Waals surface area contributed by atoms with Crippen LogP contribution in [0, 0.1) is 0 Å². The molecule has 190 valence electrons. The van der Waals surface area contributed by atoms with E-state index in [1.54, 1.807) is 18.3 Å². The molecule has 2 aliphatic rings. The van der Waals surface area contributed by atoms with Crippen molar-refractivity contribution >= 4 is 23.1 Å². The number of pyridine rings is 2. The minimum atomic E-state index is -4.42. The van der Waals surface area contributed by atoms with E-state index in [2.05, 4.69) is 32.0 Å². The van der Waals surface area contributed by atoms with Crippen molar-refractivity contribution in [2.45, 2.75) is 25.4 Å². The summed E-state index contributed by atoms with van der Waals surface area (Å²) in [5.41, 5.74) is 2.65. The first-order chi connectivity index (χ1) is 17.8. The molecule has 0 amide bonds. The summed E-state index contributed by atoms with van der Waals surface area (Å²) in [4.78, 5) is 13.2. The molecule has 3 aromatic rings. The molecule has 1 N–H and O–H groups in total. The van der Waals surface area contributed by atoms with Gasteiger partial charge in [-0.25, -0.2) is 4.98 Å². The molecule has 2 aliphatic heterocycles. The Labute approximate surface area is 213 Å². The molecular formula is C27H26F3N7. The largest absolute Gasteiger partial charge is 0.416 e. The first-order valence-electron chi connectivity index (χ1n) is 12.0. The molecule has 10 heteroatoms. The molecule has 1 aromatic carbocycles. The molecule has 0 unspecified atom stereocenters. The van der Waals surface area contributed by atoms with Crippen molar-refractivity contribution in [2.75, 3.05) is 29.9 Å². The second kappa shape index (κ2) is 10.0. The molecular weight excluding hydrogens is 479 g/mol. The van der Waals surface area contributed by atoms with E-state index in [4.69, 9.17) is 4.98 Å². The Kier molecular flexibility index (Phi) is 6.64. The van der Waals surface area contributed by atoms with Crippen molar-refractivity contribution in [1.82, 2.24) is 15.3 Å². The Balaban J connectivity index is 1.42. The van der Waals surface area contributed by atoms with E-state index < -0.39 is 11.7 Å². The third-order valence-electron chi connectivity index (χ3n) is 6.35. The molecule has 4 heterocycles. The second-order valence-corrected chi connectivity index (χ2v) is 8.92. The van der Waals surface area contributed by atoms with Crippen LogP contribution in [0.4, 0.5) is 24.7 Å². The van der Waals surface area contributed by atoms with Crippen LogP contribution >= 0.6 is 0 Å². The number of anilines is 2. The topological polar surface area (TPSA) is 69.0 Å². The number of halogens is 3. The maximum absolute atomic E-state index is 13.3. The van der Waals surface area contributed by atoms with Crippen molar-refractivity contribution in [3.05, 3.63) is 84.5 Å². The lowest BCUT2D eigenvalue weighted by Crippen LogP contribution is -2.36. The fourth-order valence-corrected chi connectivity index (χ4v) is 4.40. The highest BCUT2D eigenvalue weighted by Gasteiger charge is 2.31. The van der Waals surface area contributed by atoms with Gasteiger partial charge in [0.15, 0.2) is 5.82 Å². The van der Waals surface area contributed by atoms with Crippen LogP contribution in [-0.4, -0.2) is 41.7 Å². The van der Waals surface area contributed by atoms with E-state index in [0.29, 0.717) is 48.1 Å². The predicted octanol–water partition coefficient (Wildman–Crippen LogP) is 5.47. The zero-order chi connectivity index (χ0) is 26.0. The summed E-state index contributed by atoms with van der Waals surface area (Å²) in [5.74, 6) is 1.89. The van der Waals surface area contributed by atoms with Crippen LogP contribution in [0.15, 0.2) is 83.4 Å². The highest BCUT2D eigenvalue weighted by molar-refractivity contribution is 6.03. The number of fused-ring (bicyclic) bond motifs is 1. The summed E-state index contributed by atoms with van der Waals surface area (Å²) in [6, 6.07) is 14.5. The van der Waals surface area contributed by atoms with Gasteiger partial charge in [-0.3, -0.25) is 4.98 Å². The predicted molar refractivity (Wildman–Crippen MR) is 140 cm³/mol. The minimum Gasteiger partial charge on any atom is -0.372 e. The third-order valence-corrected chi connectivity index (χ3v) is 6.35. The maximum Gasteiger partial charge on any atom is 0.416 e. The van der Waals surface area contributed by atoms with Gasteiger partial charge in [0.1, 0.15) is 11.7 Å². The average Bonchev–Trinajstić information content (AvgIpc) is 3.07. The average molecular weight is 506 g/mol. The standard InChI is InChI=1S/C27H26F3N7/c1-18(32-25-13-11-23(34-35-25)22-9-3-4-14-31-22)37-16-6-15-36(2)24-12-10-21(33-26(24)37)19-7-5-8-20(17-19)27(28,29)30/h3-5,7-10,12,14,17H,1,6,11,13,15-16H2,2H3,(H,32,35). The lowest BCUT2D eigenvalue weighted by atomic mass is 10.1. The fourth-order valence-electron chi connectivity index (χ4n) is 4.40. The molecule has 2 aromatic heterocycles. The van der Waals surface area contributed by atoms with E-state index in [9.17, 15) is 13.2 Å². The summed E-state index contributed by atoms with van der Waals surface area (Å²) < 4.78 is 39.9. The summed E-state index contributed by atoms with van der Waals surface area (Å²) in [7, 11) is 1.98. The lowest BCUT2D eigenvalue weighted by Gasteiger charge is -2.28. The van der Waals surface area contributed by atoms with Crippen LogP contribution in [0.2, 0.25) is 0 Å². The minimum absolute atomic E-state index is 0.399. The van der Waals surface area contributed by atoms with E-state index >= 15 is 0 Å². The van der Waals surface area contributed by atoms with E-state index in [1.807, 2.05) is 36.2 Å². The van der Waals surface area contributed by atoms with Gasteiger partial charge in [0, 0.05) is 44.7 Å². The molecule has 0 spiro atoms. The molecule has 0 saturated heterocycles. The zero-order valence-electron chi connectivity index (χ0n) is 20.3. The number of benzene rings is 1. The molecule has 0 bridgehead atoms.